The van der Waals surface area contributed by atoms with Crippen LogP contribution in [0.4, 0.5) is 0 Å². The fourth-order valence-corrected chi connectivity index (χ4v) is 5.14. The van der Waals surface area contributed by atoms with Gasteiger partial charge in [-0.05, 0) is 38.1 Å². The van der Waals surface area contributed by atoms with Crippen LogP contribution in [-0.2, 0) is 14.8 Å². The Balaban J connectivity index is 1.62. The van der Waals surface area contributed by atoms with E-state index in [1.165, 1.54) is 22.5 Å². The van der Waals surface area contributed by atoms with Crippen LogP contribution in [0.5, 0.6) is 5.75 Å². The van der Waals surface area contributed by atoms with Crippen LogP contribution in [0.1, 0.15) is 19.3 Å². The number of sulfonamides is 1. The van der Waals surface area contributed by atoms with E-state index < -0.39 is 10.0 Å². The average molecular weight is 416 g/mol. The zero-order chi connectivity index (χ0) is 19.4. The second kappa shape index (κ2) is 8.77. The lowest BCUT2D eigenvalue weighted by atomic mass is 10.2. The SMILES string of the molecule is CN1CCN(C(=O)COc2ccc(S(=O)(=O)N3CCCCC3)cc2Cl)CC1. The molecule has 9 heteroatoms. The molecule has 2 heterocycles. The Morgan fingerprint density at radius 1 is 1.07 bits per heavy atom. The summed E-state index contributed by atoms with van der Waals surface area (Å²) < 4.78 is 32.5. The smallest absolute Gasteiger partial charge is 0.260 e. The zero-order valence-electron chi connectivity index (χ0n) is 15.6. The van der Waals surface area contributed by atoms with E-state index in [1.54, 1.807) is 4.90 Å². The maximum Gasteiger partial charge on any atom is 0.260 e. The third kappa shape index (κ3) is 4.93. The Morgan fingerprint density at radius 2 is 1.74 bits per heavy atom. The average Bonchev–Trinajstić information content (AvgIpc) is 2.68. The van der Waals surface area contributed by atoms with E-state index in [1.807, 2.05) is 7.05 Å². The van der Waals surface area contributed by atoms with Gasteiger partial charge in [-0.3, -0.25) is 4.79 Å². The molecule has 0 aliphatic carbocycles. The molecule has 2 saturated heterocycles. The van der Waals surface area contributed by atoms with Gasteiger partial charge in [-0.2, -0.15) is 4.31 Å². The molecule has 1 aromatic rings. The molecule has 0 atom stereocenters. The number of rotatable bonds is 5. The molecule has 0 bridgehead atoms. The van der Waals surface area contributed by atoms with Crippen LogP contribution in [0.3, 0.4) is 0 Å². The number of nitrogens with zero attached hydrogens (tertiary/aromatic N) is 3. The molecular formula is C18H26ClN3O4S. The number of halogens is 1. The summed E-state index contributed by atoms with van der Waals surface area (Å²) in [6.07, 6.45) is 2.81. The number of carbonyl (C=O) groups is 1. The number of carbonyl (C=O) groups excluding carboxylic acids is 1. The Hall–Kier alpha value is -1.35. The van der Waals surface area contributed by atoms with Gasteiger partial charge in [0.1, 0.15) is 5.75 Å². The van der Waals surface area contributed by atoms with Crippen LogP contribution in [0, 0.1) is 0 Å². The number of piperidine rings is 1. The highest BCUT2D eigenvalue weighted by Crippen LogP contribution is 2.29. The van der Waals surface area contributed by atoms with Crippen molar-refractivity contribution in [3.63, 3.8) is 0 Å². The van der Waals surface area contributed by atoms with E-state index in [4.69, 9.17) is 16.3 Å². The summed E-state index contributed by atoms with van der Waals surface area (Å²) in [6.45, 7) is 4.01. The molecule has 0 aromatic heterocycles. The summed E-state index contributed by atoms with van der Waals surface area (Å²) in [4.78, 5) is 16.4. The van der Waals surface area contributed by atoms with E-state index in [0.29, 0.717) is 31.9 Å². The number of hydrogen-bond donors (Lipinski definition) is 0. The molecule has 2 fully saturated rings. The number of piperazine rings is 1. The molecule has 2 aliphatic rings. The molecule has 0 spiro atoms. The number of likely N-dealkylation sites (N-methyl/N-ethyl adjacent to an activating group) is 1. The number of amides is 1. The van der Waals surface area contributed by atoms with Crippen molar-refractivity contribution < 1.29 is 17.9 Å². The molecule has 0 radical (unpaired) electrons. The van der Waals surface area contributed by atoms with Crippen molar-refractivity contribution >= 4 is 27.5 Å². The van der Waals surface area contributed by atoms with Crippen molar-refractivity contribution in [1.82, 2.24) is 14.1 Å². The third-order valence-corrected chi connectivity index (χ3v) is 7.25. The third-order valence-electron chi connectivity index (χ3n) is 5.06. The number of benzene rings is 1. The fourth-order valence-electron chi connectivity index (χ4n) is 3.30. The summed E-state index contributed by atoms with van der Waals surface area (Å²) in [7, 11) is -1.52. The lowest BCUT2D eigenvalue weighted by molar-refractivity contribution is -0.134. The van der Waals surface area contributed by atoms with Gasteiger partial charge in [0.25, 0.3) is 5.91 Å². The van der Waals surface area contributed by atoms with E-state index in [-0.39, 0.29) is 22.4 Å². The molecule has 1 aromatic carbocycles. The summed E-state index contributed by atoms with van der Waals surface area (Å²) in [5, 5.41) is 0.194. The van der Waals surface area contributed by atoms with Gasteiger partial charge in [0.2, 0.25) is 10.0 Å². The molecule has 0 saturated carbocycles. The molecular weight excluding hydrogens is 390 g/mol. The van der Waals surface area contributed by atoms with Gasteiger partial charge in [-0.1, -0.05) is 18.0 Å². The van der Waals surface area contributed by atoms with E-state index in [2.05, 4.69) is 4.90 Å². The quantitative estimate of drug-likeness (QED) is 0.731. The Morgan fingerprint density at radius 3 is 2.37 bits per heavy atom. The molecule has 27 heavy (non-hydrogen) atoms. The molecule has 150 valence electrons. The van der Waals surface area contributed by atoms with E-state index in [0.717, 1.165) is 32.4 Å². The highest BCUT2D eigenvalue weighted by atomic mass is 35.5. The van der Waals surface area contributed by atoms with Crippen LogP contribution >= 0.6 is 11.6 Å². The highest BCUT2D eigenvalue weighted by molar-refractivity contribution is 7.89. The minimum Gasteiger partial charge on any atom is -0.482 e. The van der Waals surface area contributed by atoms with Gasteiger partial charge in [0.05, 0.1) is 9.92 Å². The van der Waals surface area contributed by atoms with E-state index >= 15 is 0 Å². The number of hydrogen-bond acceptors (Lipinski definition) is 5. The molecule has 0 unspecified atom stereocenters. The second-order valence-corrected chi connectivity index (χ2v) is 9.37. The Labute approximate surface area is 165 Å². The minimum atomic E-state index is -3.54. The first-order chi connectivity index (χ1) is 12.9. The van der Waals surface area contributed by atoms with Gasteiger partial charge in [0.15, 0.2) is 6.61 Å². The van der Waals surface area contributed by atoms with Gasteiger partial charge >= 0.3 is 0 Å². The predicted octanol–water partition coefficient (Wildman–Crippen LogP) is 1.67. The predicted molar refractivity (Wildman–Crippen MR) is 104 cm³/mol. The molecule has 0 N–H and O–H groups in total. The van der Waals surface area contributed by atoms with Crippen LogP contribution in [-0.4, -0.2) is 81.4 Å². The van der Waals surface area contributed by atoms with Gasteiger partial charge < -0.3 is 14.5 Å². The highest BCUT2D eigenvalue weighted by Gasteiger charge is 2.27. The monoisotopic (exact) mass is 415 g/mol. The van der Waals surface area contributed by atoms with Crippen molar-refractivity contribution in [1.29, 1.82) is 0 Å². The van der Waals surface area contributed by atoms with Crippen LogP contribution in [0.2, 0.25) is 5.02 Å². The van der Waals surface area contributed by atoms with Crippen molar-refractivity contribution in [3.8, 4) is 5.75 Å². The molecule has 7 nitrogen and oxygen atoms in total. The maximum absolute atomic E-state index is 12.7. The first-order valence-corrected chi connectivity index (χ1v) is 11.1. The maximum atomic E-state index is 12.7. The summed E-state index contributed by atoms with van der Waals surface area (Å²) >= 11 is 6.22. The minimum absolute atomic E-state index is 0.0934. The van der Waals surface area contributed by atoms with Crippen molar-refractivity contribution in [2.45, 2.75) is 24.2 Å². The largest absolute Gasteiger partial charge is 0.482 e. The zero-order valence-corrected chi connectivity index (χ0v) is 17.1. The van der Waals surface area contributed by atoms with Crippen molar-refractivity contribution in [2.75, 3.05) is 52.9 Å². The topological polar surface area (TPSA) is 70.2 Å². The van der Waals surface area contributed by atoms with Gasteiger partial charge in [-0.25, -0.2) is 8.42 Å². The Bertz CT molecular complexity index is 773. The number of ether oxygens (including phenoxy) is 1. The second-order valence-electron chi connectivity index (χ2n) is 7.03. The van der Waals surface area contributed by atoms with Gasteiger partial charge in [0, 0.05) is 39.3 Å². The first-order valence-electron chi connectivity index (χ1n) is 9.27. The standard InChI is InChI=1S/C18H26ClN3O4S/c1-20-9-11-21(12-10-20)18(23)14-26-17-6-5-15(13-16(17)19)27(24,25)22-7-3-2-4-8-22/h5-6,13H,2-4,7-12,14H2,1H3. The molecule has 1 amide bonds. The van der Waals surface area contributed by atoms with E-state index in [9.17, 15) is 13.2 Å². The lowest BCUT2D eigenvalue weighted by Gasteiger charge is -2.32. The lowest BCUT2D eigenvalue weighted by Crippen LogP contribution is -2.48. The van der Waals surface area contributed by atoms with Crippen LogP contribution in [0.25, 0.3) is 0 Å². The van der Waals surface area contributed by atoms with Crippen molar-refractivity contribution in [3.05, 3.63) is 23.2 Å². The summed E-state index contributed by atoms with van der Waals surface area (Å²) in [5.74, 6) is 0.223. The first kappa shape index (κ1) is 20.4. The summed E-state index contributed by atoms with van der Waals surface area (Å²) in [5.41, 5.74) is 0. The van der Waals surface area contributed by atoms with Gasteiger partial charge in [-0.15, -0.1) is 0 Å². The van der Waals surface area contributed by atoms with Crippen LogP contribution in [0.15, 0.2) is 23.1 Å². The normalized spacial score (nSPS) is 19.9. The van der Waals surface area contributed by atoms with Crippen molar-refractivity contribution in [2.24, 2.45) is 0 Å². The Kier molecular flexibility index (Phi) is 6.62. The summed E-state index contributed by atoms with van der Waals surface area (Å²) in [6, 6.07) is 4.42. The van der Waals surface area contributed by atoms with Crippen LogP contribution < -0.4 is 4.74 Å². The molecule has 2 aliphatic heterocycles. The fraction of sp³-hybridized carbons (Fsp3) is 0.611. The molecule has 3 rings (SSSR count).